The highest BCUT2D eigenvalue weighted by Gasteiger charge is 2.32. The van der Waals surface area contributed by atoms with E-state index in [0.29, 0.717) is 12.1 Å². The minimum Gasteiger partial charge on any atom is -0.403 e. The molecule has 0 unspecified atom stereocenters. The van der Waals surface area contributed by atoms with Crippen LogP contribution < -0.4 is 4.74 Å². The van der Waals surface area contributed by atoms with Crippen LogP contribution in [0.1, 0.15) is 0 Å². The molecule has 0 aliphatic rings. The molecule has 0 saturated heterocycles. The lowest BCUT2D eigenvalue weighted by atomic mass is 10.3. The second-order valence-electron chi connectivity index (χ2n) is 2.26. The lowest BCUT2D eigenvalue weighted by molar-refractivity contribution is -0.275. The van der Waals surface area contributed by atoms with E-state index in [-0.39, 0.29) is 0 Å². The van der Waals surface area contributed by atoms with E-state index >= 15 is 0 Å². The topological polar surface area (TPSA) is 9.23 Å². The van der Waals surface area contributed by atoms with Crippen molar-refractivity contribution >= 4 is 12.6 Å². The summed E-state index contributed by atoms with van der Waals surface area (Å²) in [6.07, 6.45) is -5.01. The van der Waals surface area contributed by atoms with Crippen LogP contribution in [0.3, 0.4) is 0 Å². The number of thiol groups is 1. The Hall–Kier alpha value is -0.980. The van der Waals surface area contributed by atoms with Crippen molar-refractivity contribution in [2.24, 2.45) is 0 Å². The summed E-state index contributed by atoms with van der Waals surface area (Å²) in [4.78, 5) is -0.813. The summed E-state index contributed by atoms with van der Waals surface area (Å²) < 4.78 is 63.6. The average Bonchev–Trinajstić information content (AvgIpc) is 2.04. The second-order valence-corrected chi connectivity index (χ2v) is 2.70. The summed E-state index contributed by atoms with van der Waals surface area (Å²) in [6.45, 7) is 0. The zero-order valence-corrected chi connectivity index (χ0v) is 7.29. The van der Waals surface area contributed by atoms with Crippen LogP contribution in [-0.2, 0) is 0 Å². The smallest absolute Gasteiger partial charge is 0.403 e. The fraction of sp³-hybridized carbons (Fsp3) is 0.143. The van der Waals surface area contributed by atoms with Crippen molar-refractivity contribution in [3.63, 3.8) is 0 Å². The fourth-order valence-corrected chi connectivity index (χ4v) is 0.911. The third kappa shape index (κ3) is 2.50. The van der Waals surface area contributed by atoms with Gasteiger partial charge in [0.15, 0.2) is 11.6 Å². The third-order valence-corrected chi connectivity index (χ3v) is 1.67. The van der Waals surface area contributed by atoms with E-state index in [2.05, 4.69) is 17.4 Å². The molecule has 1 rings (SSSR count). The van der Waals surface area contributed by atoms with Crippen LogP contribution >= 0.6 is 12.6 Å². The molecule has 0 atom stereocenters. The van der Waals surface area contributed by atoms with Crippen LogP contribution in [0.15, 0.2) is 17.0 Å². The lowest BCUT2D eigenvalue weighted by Gasteiger charge is -2.10. The molecule has 14 heavy (non-hydrogen) atoms. The molecule has 0 radical (unpaired) electrons. The molecule has 0 fully saturated rings. The summed E-state index contributed by atoms with van der Waals surface area (Å²) in [5.74, 6) is -3.64. The maximum absolute atomic E-state index is 12.9. The molecule has 0 spiro atoms. The van der Waals surface area contributed by atoms with Gasteiger partial charge in [0.05, 0.1) is 4.90 Å². The number of ether oxygens (including phenoxy) is 1. The van der Waals surface area contributed by atoms with Crippen molar-refractivity contribution in [2.45, 2.75) is 11.3 Å². The van der Waals surface area contributed by atoms with Crippen molar-refractivity contribution in [3.8, 4) is 5.75 Å². The monoisotopic (exact) mass is 230 g/mol. The van der Waals surface area contributed by atoms with E-state index in [1.807, 2.05) is 0 Å². The third-order valence-electron chi connectivity index (χ3n) is 1.26. The predicted molar refractivity (Wildman–Crippen MR) is 40.3 cm³/mol. The first-order valence-electron chi connectivity index (χ1n) is 3.24. The van der Waals surface area contributed by atoms with E-state index in [9.17, 15) is 22.0 Å². The number of benzene rings is 1. The Labute approximate surface area is 80.9 Å². The normalized spacial score (nSPS) is 11.6. The van der Waals surface area contributed by atoms with Crippen LogP contribution in [0.25, 0.3) is 0 Å². The molecule has 0 saturated carbocycles. The molecule has 1 aromatic carbocycles. The Morgan fingerprint density at radius 3 is 2.21 bits per heavy atom. The van der Waals surface area contributed by atoms with E-state index in [4.69, 9.17) is 0 Å². The van der Waals surface area contributed by atoms with E-state index in [0.717, 1.165) is 0 Å². The highest BCUT2D eigenvalue weighted by atomic mass is 32.1. The van der Waals surface area contributed by atoms with Crippen LogP contribution in [0.4, 0.5) is 22.0 Å². The van der Waals surface area contributed by atoms with Gasteiger partial charge in [0.25, 0.3) is 0 Å². The fourth-order valence-electron chi connectivity index (χ4n) is 0.726. The minimum atomic E-state index is -5.01. The number of alkyl halides is 3. The van der Waals surface area contributed by atoms with Gasteiger partial charge in [0.2, 0.25) is 0 Å². The van der Waals surface area contributed by atoms with Crippen molar-refractivity contribution in [1.82, 2.24) is 0 Å². The molecule has 0 heterocycles. The molecule has 1 nitrogen and oxygen atoms in total. The van der Waals surface area contributed by atoms with Crippen molar-refractivity contribution in [2.75, 3.05) is 0 Å². The van der Waals surface area contributed by atoms with E-state index in [1.54, 1.807) is 0 Å². The maximum atomic E-state index is 12.9. The highest BCUT2D eigenvalue weighted by Crippen LogP contribution is 2.30. The zero-order chi connectivity index (χ0) is 10.9. The molecule has 0 bridgehead atoms. The summed E-state index contributed by atoms with van der Waals surface area (Å²) in [7, 11) is 0. The van der Waals surface area contributed by atoms with Crippen LogP contribution in [0.5, 0.6) is 5.75 Å². The molecular formula is C7H3F5OS. The number of hydrogen-bond acceptors (Lipinski definition) is 2. The van der Waals surface area contributed by atoms with Gasteiger partial charge >= 0.3 is 6.36 Å². The van der Waals surface area contributed by atoms with Crippen LogP contribution in [0, 0.1) is 11.6 Å². The van der Waals surface area contributed by atoms with Crippen molar-refractivity contribution < 1.29 is 26.7 Å². The predicted octanol–water partition coefficient (Wildman–Crippen LogP) is 3.15. The number of rotatable bonds is 1. The Bertz CT molecular complexity index is 349. The molecule has 78 valence electrons. The molecule has 0 aliphatic carbocycles. The van der Waals surface area contributed by atoms with Gasteiger partial charge in [-0.2, -0.15) is 0 Å². The zero-order valence-electron chi connectivity index (χ0n) is 6.40. The van der Waals surface area contributed by atoms with Crippen molar-refractivity contribution in [3.05, 3.63) is 23.8 Å². The quantitative estimate of drug-likeness (QED) is 0.576. The average molecular weight is 230 g/mol. The number of halogens is 5. The first-order valence-corrected chi connectivity index (χ1v) is 3.68. The molecule has 0 aliphatic heterocycles. The molecule has 1 aromatic rings. The summed E-state index contributed by atoms with van der Waals surface area (Å²) in [5, 5.41) is 0. The van der Waals surface area contributed by atoms with Gasteiger partial charge < -0.3 is 4.74 Å². The van der Waals surface area contributed by atoms with Gasteiger partial charge in [0.1, 0.15) is 5.82 Å². The largest absolute Gasteiger partial charge is 0.573 e. The Kier molecular flexibility index (Phi) is 2.89. The van der Waals surface area contributed by atoms with Gasteiger partial charge in [-0.15, -0.1) is 25.8 Å². The summed E-state index contributed by atoms with van der Waals surface area (Å²) >= 11 is 3.33. The Balaban J connectivity index is 3.06. The standard InChI is InChI=1S/C7H3F5OS/c8-3-1-2-4(5(9)6(3)14)13-7(10,11)12/h1-2,14H. The lowest BCUT2D eigenvalue weighted by Crippen LogP contribution is -2.18. The van der Waals surface area contributed by atoms with E-state index in [1.165, 1.54) is 0 Å². The van der Waals surface area contributed by atoms with Crippen LogP contribution in [0.2, 0.25) is 0 Å². The SMILES string of the molecule is Fc1ccc(OC(F)(F)F)c(F)c1S. The first-order chi connectivity index (χ1) is 6.31. The van der Waals surface area contributed by atoms with Gasteiger partial charge in [-0.1, -0.05) is 0 Å². The first kappa shape index (κ1) is 11.1. The molecule has 0 aromatic heterocycles. The van der Waals surface area contributed by atoms with Gasteiger partial charge in [-0.25, -0.2) is 8.78 Å². The molecule has 7 heteroatoms. The molecular weight excluding hydrogens is 227 g/mol. The van der Waals surface area contributed by atoms with Gasteiger partial charge in [-0.05, 0) is 12.1 Å². The highest BCUT2D eigenvalue weighted by molar-refractivity contribution is 7.80. The van der Waals surface area contributed by atoms with Gasteiger partial charge in [0, 0.05) is 0 Å². The molecule has 0 N–H and O–H groups in total. The van der Waals surface area contributed by atoms with Crippen LogP contribution in [-0.4, -0.2) is 6.36 Å². The molecule has 0 amide bonds. The maximum Gasteiger partial charge on any atom is 0.573 e. The second kappa shape index (κ2) is 3.64. The Morgan fingerprint density at radius 2 is 1.71 bits per heavy atom. The van der Waals surface area contributed by atoms with Crippen molar-refractivity contribution in [1.29, 1.82) is 0 Å². The summed E-state index contributed by atoms with van der Waals surface area (Å²) in [6, 6.07) is 1.17. The minimum absolute atomic E-state index is 0.540. The summed E-state index contributed by atoms with van der Waals surface area (Å²) in [5.41, 5.74) is 0. The van der Waals surface area contributed by atoms with Gasteiger partial charge in [-0.3, -0.25) is 0 Å². The number of hydrogen-bond donors (Lipinski definition) is 1. The Morgan fingerprint density at radius 1 is 1.14 bits per heavy atom. The van der Waals surface area contributed by atoms with E-state index < -0.39 is 28.6 Å².